The van der Waals surface area contributed by atoms with Gasteiger partial charge in [0.15, 0.2) is 0 Å². The van der Waals surface area contributed by atoms with E-state index in [-0.39, 0.29) is 6.42 Å². The van der Waals surface area contributed by atoms with Gasteiger partial charge in [-0.3, -0.25) is 4.79 Å². The van der Waals surface area contributed by atoms with Gasteiger partial charge in [0, 0.05) is 6.42 Å². The van der Waals surface area contributed by atoms with Crippen LogP contribution in [0.4, 0.5) is 13.2 Å². The van der Waals surface area contributed by atoms with Gasteiger partial charge in [-0.1, -0.05) is 25.7 Å². The molecular formula is C9H13F3O. The van der Waals surface area contributed by atoms with Gasteiger partial charge in [-0.05, 0) is 12.3 Å². The Morgan fingerprint density at radius 3 is 2.23 bits per heavy atom. The summed E-state index contributed by atoms with van der Waals surface area (Å²) in [6, 6.07) is 0. The van der Waals surface area contributed by atoms with E-state index in [0.29, 0.717) is 12.3 Å². The number of hydrogen-bond acceptors (Lipinski definition) is 1. The monoisotopic (exact) mass is 194 g/mol. The van der Waals surface area contributed by atoms with Gasteiger partial charge in [0.05, 0.1) is 0 Å². The second-order valence-corrected chi connectivity index (χ2v) is 3.61. The molecule has 4 heteroatoms. The lowest BCUT2D eigenvalue weighted by Gasteiger charge is -2.08. The zero-order chi connectivity index (χ0) is 9.90. The molecule has 0 aromatic carbocycles. The predicted octanol–water partition coefficient (Wildman–Crippen LogP) is 3.09. The van der Waals surface area contributed by atoms with Crippen molar-refractivity contribution in [2.24, 2.45) is 5.92 Å². The zero-order valence-electron chi connectivity index (χ0n) is 7.36. The Labute approximate surface area is 75.3 Å². The molecule has 1 rings (SSSR count). The molecule has 0 spiro atoms. The van der Waals surface area contributed by atoms with Crippen LogP contribution in [0.1, 0.15) is 38.5 Å². The highest BCUT2D eigenvalue weighted by Gasteiger charge is 2.37. The highest BCUT2D eigenvalue weighted by atomic mass is 19.4. The first-order valence-electron chi connectivity index (χ1n) is 4.60. The Bertz CT molecular complexity index is 180. The fraction of sp³-hybridized carbons (Fsp3) is 0.889. The molecule has 0 bridgehead atoms. The van der Waals surface area contributed by atoms with E-state index in [1.165, 1.54) is 0 Å². The minimum absolute atomic E-state index is 0.325. The molecule has 0 atom stereocenters. The normalized spacial score (nSPS) is 19.3. The third-order valence-electron chi connectivity index (χ3n) is 2.57. The first-order chi connectivity index (χ1) is 6.00. The van der Waals surface area contributed by atoms with Crippen LogP contribution in [0.3, 0.4) is 0 Å². The van der Waals surface area contributed by atoms with Crippen molar-refractivity contribution in [1.82, 2.24) is 0 Å². The average Bonchev–Trinajstić information content (AvgIpc) is 2.50. The van der Waals surface area contributed by atoms with Gasteiger partial charge in [0.1, 0.15) is 0 Å². The Kier molecular flexibility index (Phi) is 3.33. The van der Waals surface area contributed by atoms with Crippen LogP contribution in [-0.4, -0.2) is 12.0 Å². The van der Waals surface area contributed by atoms with Gasteiger partial charge < -0.3 is 0 Å². The van der Waals surface area contributed by atoms with Crippen molar-refractivity contribution in [3.05, 3.63) is 0 Å². The Morgan fingerprint density at radius 2 is 1.77 bits per heavy atom. The molecule has 13 heavy (non-hydrogen) atoms. The molecule has 1 aliphatic carbocycles. The standard InChI is InChI=1S/C9H13F3O/c10-9(11,12)8(13)6-5-7-3-1-2-4-7/h7H,1-6H2. The molecule has 0 aromatic heterocycles. The molecule has 0 heterocycles. The van der Waals surface area contributed by atoms with Crippen LogP contribution in [0.15, 0.2) is 0 Å². The van der Waals surface area contributed by atoms with Crippen molar-refractivity contribution in [3.8, 4) is 0 Å². The minimum atomic E-state index is -4.63. The van der Waals surface area contributed by atoms with Crippen LogP contribution in [0.25, 0.3) is 0 Å². The summed E-state index contributed by atoms with van der Waals surface area (Å²) in [4.78, 5) is 10.5. The molecule has 1 aliphatic rings. The molecule has 1 saturated carbocycles. The van der Waals surface area contributed by atoms with E-state index in [9.17, 15) is 18.0 Å². The van der Waals surface area contributed by atoms with Gasteiger partial charge >= 0.3 is 6.18 Å². The molecule has 1 fully saturated rings. The van der Waals surface area contributed by atoms with E-state index in [4.69, 9.17) is 0 Å². The third-order valence-corrected chi connectivity index (χ3v) is 2.57. The molecule has 76 valence electrons. The van der Waals surface area contributed by atoms with Crippen molar-refractivity contribution in [1.29, 1.82) is 0 Å². The summed E-state index contributed by atoms with van der Waals surface area (Å²) in [5.74, 6) is -1.22. The average molecular weight is 194 g/mol. The van der Waals surface area contributed by atoms with Crippen LogP contribution in [0.2, 0.25) is 0 Å². The number of carbonyl (C=O) groups is 1. The van der Waals surface area contributed by atoms with Gasteiger partial charge in [-0.2, -0.15) is 13.2 Å². The highest BCUT2D eigenvalue weighted by molar-refractivity contribution is 5.83. The number of halogens is 3. The number of alkyl halides is 3. The molecule has 0 N–H and O–H groups in total. The lowest BCUT2D eigenvalue weighted by atomic mass is 10.0. The zero-order valence-corrected chi connectivity index (χ0v) is 7.36. The van der Waals surface area contributed by atoms with Crippen LogP contribution in [0, 0.1) is 5.92 Å². The van der Waals surface area contributed by atoms with Crippen LogP contribution in [0.5, 0.6) is 0 Å². The summed E-state index contributed by atoms with van der Waals surface area (Å²) >= 11 is 0. The maximum absolute atomic E-state index is 11.8. The number of Topliss-reactive ketones (excluding diaryl/α,β-unsaturated/α-hetero) is 1. The topological polar surface area (TPSA) is 17.1 Å². The van der Waals surface area contributed by atoms with E-state index >= 15 is 0 Å². The van der Waals surface area contributed by atoms with E-state index in [1.54, 1.807) is 0 Å². The molecule has 0 unspecified atom stereocenters. The largest absolute Gasteiger partial charge is 0.449 e. The number of ketones is 1. The van der Waals surface area contributed by atoms with E-state index in [0.717, 1.165) is 25.7 Å². The fourth-order valence-electron chi connectivity index (χ4n) is 1.78. The second kappa shape index (κ2) is 4.11. The highest BCUT2D eigenvalue weighted by Crippen LogP contribution is 2.30. The number of hydrogen-bond donors (Lipinski definition) is 0. The molecule has 0 aromatic rings. The first kappa shape index (κ1) is 10.5. The molecule has 1 nitrogen and oxygen atoms in total. The quantitative estimate of drug-likeness (QED) is 0.674. The summed E-state index contributed by atoms with van der Waals surface area (Å²) in [5.41, 5.74) is 0. The Hall–Kier alpha value is -0.540. The summed E-state index contributed by atoms with van der Waals surface area (Å²) in [6.45, 7) is 0. The van der Waals surface area contributed by atoms with Crippen molar-refractivity contribution in [2.75, 3.05) is 0 Å². The Balaban J connectivity index is 2.22. The summed E-state index contributed by atoms with van der Waals surface area (Å²) in [6.07, 6.45) is -0.350. The van der Waals surface area contributed by atoms with Crippen molar-refractivity contribution in [2.45, 2.75) is 44.7 Å². The maximum Gasteiger partial charge on any atom is 0.449 e. The van der Waals surface area contributed by atoms with E-state index in [2.05, 4.69) is 0 Å². The van der Waals surface area contributed by atoms with Crippen molar-refractivity contribution >= 4 is 5.78 Å². The Morgan fingerprint density at radius 1 is 1.23 bits per heavy atom. The molecule has 0 aliphatic heterocycles. The summed E-state index contributed by atoms with van der Waals surface area (Å²) < 4.78 is 35.3. The summed E-state index contributed by atoms with van der Waals surface area (Å²) in [7, 11) is 0. The molecular weight excluding hydrogens is 181 g/mol. The van der Waals surface area contributed by atoms with Crippen molar-refractivity contribution < 1.29 is 18.0 Å². The smallest absolute Gasteiger partial charge is 0.290 e. The molecule has 0 saturated heterocycles. The van der Waals surface area contributed by atoms with Gasteiger partial charge in [-0.15, -0.1) is 0 Å². The van der Waals surface area contributed by atoms with Crippen molar-refractivity contribution in [3.63, 3.8) is 0 Å². The van der Waals surface area contributed by atoms with E-state index in [1.807, 2.05) is 0 Å². The fourth-order valence-corrected chi connectivity index (χ4v) is 1.78. The van der Waals surface area contributed by atoms with Gasteiger partial charge in [0.2, 0.25) is 5.78 Å². The minimum Gasteiger partial charge on any atom is -0.290 e. The van der Waals surface area contributed by atoms with Crippen LogP contribution in [-0.2, 0) is 4.79 Å². The third kappa shape index (κ3) is 3.36. The number of carbonyl (C=O) groups excluding carboxylic acids is 1. The first-order valence-corrected chi connectivity index (χ1v) is 4.60. The summed E-state index contributed by atoms with van der Waals surface area (Å²) in [5, 5.41) is 0. The number of rotatable bonds is 3. The maximum atomic E-state index is 11.8. The van der Waals surface area contributed by atoms with E-state index < -0.39 is 12.0 Å². The van der Waals surface area contributed by atoms with Gasteiger partial charge in [-0.25, -0.2) is 0 Å². The van der Waals surface area contributed by atoms with Crippen LogP contribution < -0.4 is 0 Å². The van der Waals surface area contributed by atoms with Crippen LogP contribution >= 0.6 is 0 Å². The molecule has 0 radical (unpaired) electrons. The lowest BCUT2D eigenvalue weighted by molar-refractivity contribution is -0.171. The second-order valence-electron chi connectivity index (χ2n) is 3.61. The predicted molar refractivity (Wildman–Crippen MR) is 42.3 cm³/mol. The van der Waals surface area contributed by atoms with Gasteiger partial charge in [0.25, 0.3) is 0 Å². The lowest BCUT2D eigenvalue weighted by Crippen LogP contribution is -2.22. The SMILES string of the molecule is O=C(CCC1CCCC1)C(F)(F)F. The molecule has 0 amide bonds.